The van der Waals surface area contributed by atoms with Crippen LogP contribution in [0.1, 0.15) is 153 Å². The summed E-state index contributed by atoms with van der Waals surface area (Å²) in [7, 11) is 5.15. The van der Waals surface area contributed by atoms with E-state index in [9.17, 15) is 77.1 Å². The van der Waals surface area contributed by atoms with Crippen LogP contribution in [0.4, 0.5) is 11.9 Å². The number of nitrogens with two attached hydrogens (primary N) is 2. The van der Waals surface area contributed by atoms with Crippen molar-refractivity contribution in [3.8, 4) is 0 Å². The third-order valence-electron chi connectivity index (χ3n) is 22.5. The topological polar surface area (TPSA) is 648 Å². The van der Waals surface area contributed by atoms with E-state index < -0.39 is 183 Å². The number of aromatic nitrogens is 6. The van der Waals surface area contributed by atoms with Crippen LogP contribution in [0.15, 0.2) is 48.3 Å². The maximum atomic E-state index is 12.6. The number of nitrogens with zero attached hydrogens (tertiary/aromatic N) is 4. The summed E-state index contributed by atoms with van der Waals surface area (Å²) >= 11 is 1.36. The number of Topliss-reactive ketones (excluding diaryl/α,β-unsaturated/α-hetero) is 1. The van der Waals surface area contributed by atoms with Crippen LogP contribution >= 0.6 is 22.7 Å². The van der Waals surface area contributed by atoms with Crippen molar-refractivity contribution in [3.63, 3.8) is 0 Å². The number of aryl methyl sites for hydroxylation is 1. The van der Waals surface area contributed by atoms with Crippen LogP contribution in [0.2, 0.25) is 0 Å². The second kappa shape index (κ2) is 49.3. The molecule has 27 atom stereocenters. The van der Waals surface area contributed by atoms with Crippen molar-refractivity contribution in [3.05, 3.63) is 69.9 Å². The summed E-state index contributed by atoms with van der Waals surface area (Å²) in [4.78, 5) is 117. The lowest BCUT2D eigenvalue weighted by molar-refractivity contribution is -0.216. The first kappa shape index (κ1) is 113. The van der Waals surface area contributed by atoms with Gasteiger partial charge in [0.25, 0.3) is 21.2 Å². The summed E-state index contributed by atoms with van der Waals surface area (Å²) in [6.45, 7) is 24.4. The molecule has 11 saturated heterocycles. The molecule has 5 aromatic rings. The van der Waals surface area contributed by atoms with E-state index in [1.807, 2.05) is 55.4 Å². The monoisotopic (exact) mass is 2040 g/mol. The first-order chi connectivity index (χ1) is 65.3. The van der Waals surface area contributed by atoms with Gasteiger partial charge in [-0.1, -0.05) is 47.3 Å². The summed E-state index contributed by atoms with van der Waals surface area (Å²) < 4.78 is 166. The average Bonchev–Trinajstić information content (AvgIpc) is 1.60. The molecule has 16 rings (SSSR count). The van der Waals surface area contributed by atoms with E-state index in [1.54, 1.807) is 47.3 Å². The fourth-order valence-electron chi connectivity index (χ4n) is 16.7. The Balaban J connectivity index is 0.000000169. The van der Waals surface area contributed by atoms with Crippen molar-refractivity contribution in [2.45, 2.75) is 330 Å². The number of fused-ring (bicyclic) bond motifs is 6. The molecule has 53 heteroatoms. The van der Waals surface area contributed by atoms with Crippen molar-refractivity contribution in [2.24, 2.45) is 5.92 Å². The number of thiazole rings is 2. The first-order valence-electron chi connectivity index (χ1n) is 44.6. The molecule has 0 aliphatic carbocycles. The number of benzene rings is 1. The Morgan fingerprint density at radius 2 is 0.863 bits per heavy atom. The Hall–Kier alpha value is -7.62. The lowest BCUT2D eigenvalue weighted by Crippen LogP contribution is -2.35. The smallest absolute Gasteiger partial charge is 0.311 e. The van der Waals surface area contributed by atoms with Gasteiger partial charge in [0.1, 0.15) is 89.3 Å². The highest BCUT2D eigenvalue weighted by Gasteiger charge is 2.55. The second-order valence-corrected chi connectivity index (χ2v) is 39.5. The zero-order chi connectivity index (χ0) is 102. The van der Waals surface area contributed by atoms with E-state index in [1.165, 1.54) is 61.2 Å². The normalized spacial score (nSPS) is 30.8. The van der Waals surface area contributed by atoms with E-state index in [2.05, 4.69) is 19.9 Å². The molecule has 139 heavy (non-hydrogen) atoms. The fourth-order valence-corrected chi connectivity index (χ4v) is 19.3. The van der Waals surface area contributed by atoms with Crippen LogP contribution in [0.5, 0.6) is 0 Å². The Kier molecular flexibility index (Phi) is 40.2. The summed E-state index contributed by atoms with van der Waals surface area (Å²) in [5, 5.41) is 49.6. The van der Waals surface area contributed by atoms with E-state index >= 15 is 0 Å². The zero-order valence-corrected chi connectivity index (χ0v) is 83.3. The Bertz CT molecular complexity index is 5130. The highest BCUT2D eigenvalue weighted by atomic mass is 32.2. The molecule has 0 bridgehead atoms. The lowest BCUT2D eigenvalue weighted by Gasteiger charge is -2.22. The number of esters is 4. The number of nitrogens with one attached hydrogen (secondary N) is 2. The molecule has 11 fully saturated rings. The summed E-state index contributed by atoms with van der Waals surface area (Å²) in [6, 6.07) is 6.31. The number of nitrogen functional groups attached to an aromatic ring is 2. The van der Waals surface area contributed by atoms with Crippen molar-refractivity contribution < 1.29 is 181 Å². The number of ether oxygens (including phenoxy) is 25. The van der Waals surface area contributed by atoms with Gasteiger partial charge in [-0.3, -0.25) is 66.4 Å². The van der Waals surface area contributed by atoms with Gasteiger partial charge >= 0.3 is 33.6 Å². The minimum atomic E-state index is -3.92. The van der Waals surface area contributed by atoms with Crippen molar-refractivity contribution in [1.82, 2.24) is 29.1 Å². The molecule has 50 nitrogen and oxygen atoms in total. The second-order valence-electron chi connectivity index (χ2n) is 35.9. The molecular formula is C86H130N8O42S3. The maximum Gasteiger partial charge on any atom is 0.311 e. The fraction of sp³-hybridized carbons (Fsp3) is 0.756. The minimum Gasteiger partial charge on any atom is -0.458 e. The van der Waals surface area contributed by atoms with E-state index in [-0.39, 0.29) is 157 Å². The summed E-state index contributed by atoms with van der Waals surface area (Å²) in [6.07, 6.45) is -11.8. The molecule has 11 aliphatic heterocycles. The Labute approximate surface area is 806 Å². The predicted octanol–water partition coefficient (Wildman–Crippen LogP) is 1.11. The van der Waals surface area contributed by atoms with E-state index in [4.69, 9.17) is 134 Å². The third-order valence-corrected chi connectivity index (χ3v) is 25.7. The molecule has 0 amide bonds. The molecular weight excluding hydrogens is 1910 g/mol. The predicted molar refractivity (Wildman–Crippen MR) is 480 cm³/mol. The number of methoxy groups -OCH3 is 6. The molecule has 0 radical (unpaired) electrons. The minimum absolute atomic E-state index is 0.0137. The highest BCUT2D eigenvalue weighted by molar-refractivity contribution is 7.86. The molecule has 0 spiro atoms. The Morgan fingerprint density at radius 3 is 1.27 bits per heavy atom. The number of aliphatic hydroxyl groups excluding tert-OH is 5. The van der Waals surface area contributed by atoms with Gasteiger partial charge in [0.05, 0.1) is 75.1 Å². The molecule has 4 aromatic heterocycles. The summed E-state index contributed by atoms with van der Waals surface area (Å²) in [5.74, 6) is -4.72. The number of ketones is 1. The molecule has 11 N–H and O–H groups in total. The van der Waals surface area contributed by atoms with Crippen molar-refractivity contribution in [2.75, 3.05) is 100 Å². The molecule has 5 unspecified atom stereocenters. The number of anilines is 2. The van der Waals surface area contributed by atoms with Gasteiger partial charge in [-0.25, -0.2) is 0 Å². The quantitative estimate of drug-likeness (QED) is 0.0184. The van der Waals surface area contributed by atoms with E-state index in [0.29, 0.717) is 61.4 Å². The van der Waals surface area contributed by atoms with Crippen molar-refractivity contribution in [1.29, 1.82) is 0 Å². The van der Waals surface area contributed by atoms with Gasteiger partial charge in [0.15, 0.2) is 90.0 Å². The molecule has 0 saturated carbocycles. The highest BCUT2D eigenvalue weighted by Crippen LogP contribution is 2.44. The number of H-pyrrole nitrogens is 2. The standard InChI is InChI=1S/C16H20N4O8S.C16H22O7S.C12H16N4O6S.C12H20O6.2C10H18O5.C10H16O5/c1-6(21)26-9-4-8(10(5-25-3)27-7(2)22)28-14(9)20-12-11(29-16(20)24)13(23)19-15(17)18-12;1-10-4-6-11(7-5-10)24(18,19)20-9-12(17)13-8-14-15(21-13)23-16(2,3)22-14;1-21-3-5(18)6-2-4(17)10(22-6)16-8-7(23-12(16)20)9(19)15-11(13)14-8;1-7(6-15-4)10-5-11(16-8(2)13)12(18-10)17-9(3)14;3*1-10(2)14-8-4-7(6(11)5-12-3)13-9(8)15-10/h8-10,14H,4-5H2,1-3H3,(H3,17,18,19,23);4-7,12-15,17H,8-9H2,1-3H3;4-6,10,17-18H,2-3H2,1H3,(H3,13,14,15,19);7,10-12H,5-6H2,1-4H3;2*6-9,11H,4-5H2,1-3H3;7-9H,4-5H2,1-3H3/t8-,9+,10?,14+;12-,13-,14+,15+;4-,5?,6+,10-;7?,10-,11+,12?;6?,7-,8+,9+;6-,7-,8+,9+;7-,8+,9+/m0010000/s1. The number of aromatic amines is 2. The van der Waals surface area contributed by atoms with Crippen LogP contribution in [0.3, 0.4) is 0 Å². The summed E-state index contributed by atoms with van der Waals surface area (Å²) in [5.41, 5.74) is 11.0. The van der Waals surface area contributed by atoms with Gasteiger partial charge < -0.3 is 155 Å². The molecule has 1 aromatic carbocycles. The number of carbonyl (C=O) groups is 5. The average molecular weight is 2040 g/mol. The number of aliphatic hydroxyl groups is 5. The largest absolute Gasteiger partial charge is 0.458 e. The van der Waals surface area contributed by atoms with Crippen LogP contribution in [-0.2, 0) is 157 Å². The van der Waals surface area contributed by atoms with E-state index in [0.717, 1.165) is 14.7 Å². The molecule has 784 valence electrons. The third kappa shape index (κ3) is 30.7. The SMILES string of the molecule is COCC(=O)[C@@H]1C[C@H]2OC(C)(C)O[C@H]2O1.COCC(C)[C@@H]1C[C@@H](OC(C)=O)C(OC(C)=O)O1.COCC(O)[C@@H]1C[C@@H](O)[C@H](n2c(=O)sc3c(=O)[nH]c(N)nc32)O1.COCC(O)[C@@H]1C[C@H]2OC(C)(C)O[C@H]2O1.COCC(OC(C)=O)[C@@H]1C[C@@H](OC(C)=O)[C@H](n2c(=O)sc3c(=O)[nH]c(N)nc32)O1.COC[C@H](O)[C@@H]1C[C@H]2OC(C)(C)O[C@H]2O1.Cc1ccc(S(=O)(=O)OC[C@H](O)[C@@H]2C[C@H]3OC(C)(C)O[C@H]3O2)cc1. The number of hydrogen-bond acceptors (Lipinski definition) is 48. The van der Waals surface area contributed by atoms with Gasteiger partial charge in [-0.05, 0) is 74.4 Å². The molecule has 15 heterocycles. The number of hydrogen-bond donors (Lipinski definition) is 9. The van der Waals surface area contributed by atoms with Gasteiger partial charge in [0, 0.05) is 121 Å². The van der Waals surface area contributed by atoms with Crippen molar-refractivity contribution >= 4 is 95.0 Å². The maximum absolute atomic E-state index is 12.6. The Morgan fingerprint density at radius 1 is 0.475 bits per heavy atom. The molecule has 11 aliphatic rings. The van der Waals surface area contributed by atoms with Crippen LogP contribution in [0.25, 0.3) is 20.7 Å². The van der Waals surface area contributed by atoms with Crippen LogP contribution < -0.4 is 32.3 Å². The zero-order valence-electron chi connectivity index (χ0n) is 80.8. The van der Waals surface area contributed by atoms with Gasteiger partial charge in [-0.2, -0.15) is 18.4 Å². The number of rotatable bonds is 29. The van der Waals surface area contributed by atoms with Crippen LogP contribution in [-0.4, -0.2) is 352 Å². The number of carbonyl (C=O) groups excluding carboxylic acids is 5. The van der Waals surface area contributed by atoms with Gasteiger partial charge in [0.2, 0.25) is 18.2 Å². The lowest BCUT2D eigenvalue weighted by atomic mass is 10.0. The van der Waals surface area contributed by atoms with Crippen LogP contribution in [0, 0.1) is 12.8 Å². The van der Waals surface area contributed by atoms with Gasteiger partial charge in [-0.15, -0.1) is 0 Å². The first-order valence-corrected chi connectivity index (χ1v) is 47.7.